The summed E-state index contributed by atoms with van der Waals surface area (Å²) in [4.78, 5) is 15.1. The number of rotatable bonds is 4. The molecule has 5 heteroatoms. The minimum Gasteiger partial charge on any atom is -0.481 e. The predicted octanol–water partition coefficient (Wildman–Crippen LogP) is 1.87. The summed E-state index contributed by atoms with van der Waals surface area (Å²) >= 11 is 0. The number of anilines is 1. The number of nitrogens with one attached hydrogen (secondary N) is 1. The van der Waals surface area contributed by atoms with Crippen molar-refractivity contribution >= 4 is 11.8 Å². The van der Waals surface area contributed by atoms with Crippen molar-refractivity contribution in [1.82, 2.24) is 4.98 Å². The Labute approximate surface area is 105 Å². The summed E-state index contributed by atoms with van der Waals surface area (Å²) in [7, 11) is 0. The lowest BCUT2D eigenvalue weighted by molar-refractivity contribution is -0.142. The van der Waals surface area contributed by atoms with Crippen LogP contribution in [0, 0.1) is 23.2 Å². The van der Waals surface area contributed by atoms with E-state index >= 15 is 0 Å². The van der Waals surface area contributed by atoms with Crippen LogP contribution in [0.2, 0.25) is 0 Å². The molecule has 1 aliphatic carbocycles. The molecule has 0 aliphatic heterocycles. The highest BCUT2D eigenvalue weighted by atomic mass is 16.4. The maximum Gasteiger partial charge on any atom is 0.306 e. The van der Waals surface area contributed by atoms with Crippen LogP contribution in [-0.4, -0.2) is 22.6 Å². The van der Waals surface area contributed by atoms with E-state index in [4.69, 9.17) is 10.4 Å². The zero-order chi connectivity index (χ0) is 13.0. The van der Waals surface area contributed by atoms with Gasteiger partial charge in [-0.05, 0) is 30.9 Å². The fraction of sp³-hybridized carbons (Fsp3) is 0.462. The summed E-state index contributed by atoms with van der Waals surface area (Å²) in [5.41, 5.74) is 0.362. The molecule has 1 saturated carbocycles. The normalized spacial score (nSPS) is 22.4. The zero-order valence-corrected chi connectivity index (χ0v) is 9.97. The second-order valence-electron chi connectivity index (χ2n) is 4.54. The van der Waals surface area contributed by atoms with Crippen LogP contribution in [0.5, 0.6) is 0 Å². The van der Waals surface area contributed by atoms with E-state index < -0.39 is 5.97 Å². The summed E-state index contributed by atoms with van der Waals surface area (Å²) in [5.74, 6) is -0.185. The number of hydrogen-bond donors (Lipinski definition) is 2. The summed E-state index contributed by atoms with van der Waals surface area (Å²) in [5, 5.41) is 20.9. The Hall–Kier alpha value is -2.09. The molecule has 5 nitrogen and oxygen atoms in total. The molecule has 1 fully saturated rings. The van der Waals surface area contributed by atoms with Gasteiger partial charge in [0.05, 0.1) is 5.92 Å². The second kappa shape index (κ2) is 5.50. The monoisotopic (exact) mass is 245 g/mol. The van der Waals surface area contributed by atoms with Crippen LogP contribution in [0.4, 0.5) is 5.82 Å². The van der Waals surface area contributed by atoms with E-state index in [2.05, 4.69) is 10.3 Å². The van der Waals surface area contributed by atoms with Crippen LogP contribution in [-0.2, 0) is 4.79 Å². The van der Waals surface area contributed by atoms with Crippen molar-refractivity contribution in [1.29, 1.82) is 5.26 Å². The summed E-state index contributed by atoms with van der Waals surface area (Å²) < 4.78 is 0. The molecule has 0 saturated heterocycles. The first-order chi connectivity index (χ1) is 8.70. The number of aromatic nitrogens is 1. The molecule has 2 atom stereocenters. The third-order valence-electron chi connectivity index (χ3n) is 3.39. The first kappa shape index (κ1) is 12.4. The van der Waals surface area contributed by atoms with Crippen molar-refractivity contribution in [3.8, 4) is 6.07 Å². The topological polar surface area (TPSA) is 86.0 Å². The Morgan fingerprint density at radius 1 is 1.56 bits per heavy atom. The van der Waals surface area contributed by atoms with Gasteiger partial charge in [-0.2, -0.15) is 5.26 Å². The lowest BCUT2D eigenvalue weighted by Crippen LogP contribution is -2.24. The highest BCUT2D eigenvalue weighted by molar-refractivity contribution is 5.70. The molecule has 0 radical (unpaired) electrons. The SMILES string of the molecule is N#Cc1cccc(NCC2CCCC2C(=O)O)n1. The highest BCUT2D eigenvalue weighted by Crippen LogP contribution is 2.31. The number of carboxylic acids is 1. The van der Waals surface area contributed by atoms with Crippen molar-refractivity contribution in [2.75, 3.05) is 11.9 Å². The first-order valence-corrected chi connectivity index (χ1v) is 6.04. The molecule has 1 aromatic rings. The Balaban J connectivity index is 1.95. The number of carboxylic acid groups (broad SMARTS) is 1. The van der Waals surface area contributed by atoms with Crippen LogP contribution in [0.1, 0.15) is 25.0 Å². The van der Waals surface area contributed by atoms with Crippen LogP contribution >= 0.6 is 0 Å². The molecule has 0 aromatic carbocycles. The van der Waals surface area contributed by atoms with Gasteiger partial charge in [0.25, 0.3) is 0 Å². The van der Waals surface area contributed by atoms with E-state index in [1.807, 2.05) is 6.07 Å². The number of nitriles is 1. The van der Waals surface area contributed by atoms with E-state index in [1.165, 1.54) is 0 Å². The van der Waals surface area contributed by atoms with Crippen LogP contribution in [0.25, 0.3) is 0 Å². The molecule has 1 aromatic heterocycles. The Kier molecular flexibility index (Phi) is 3.78. The van der Waals surface area contributed by atoms with E-state index in [-0.39, 0.29) is 11.8 Å². The summed E-state index contributed by atoms with van der Waals surface area (Å²) in [6.45, 7) is 0.596. The largest absolute Gasteiger partial charge is 0.481 e. The van der Waals surface area contributed by atoms with Gasteiger partial charge < -0.3 is 10.4 Å². The van der Waals surface area contributed by atoms with E-state index in [9.17, 15) is 4.79 Å². The third-order valence-corrected chi connectivity index (χ3v) is 3.39. The zero-order valence-electron chi connectivity index (χ0n) is 9.97. The molecular weight excluding hydrogens is 230 g/mol. The molecule has 18 heavy (non-hydrogen) atoms. The molecule has 1 aliphatic rings. The van der Waals surface area contributed by atoms with Gasteiger partial charge in [0.1, 0.15) is 17.6 Å². The standard InChI is InChI=1S/C13H15N3O2/c14-7-10-4-2-6-12(16-10)15-8-9-3-1-5-11(9)13(17)18/h2,4,6,9,11H,1,3,5,8H2,(H,15,16)(H,17,18). The minimum absolute atomic E-state index is 0.148. The fourth-order valence-corrected chi connectivity index (χ4v) is 2.44. The molecule has 94 valence electrons. The number of hydrogen-bond acceptors (Lipinski definition) is 4. The average molecular weight is 245 g/mol. The van der Waals surface area contributed by atoms with Crippen LogP contribution in [0.15, 0.2) is 18.2 Å². The first-order valence-electron chi connectivity index (χ1n) is 6.04. The van der Waals surface area contributed by atoms with Gasteiger partial charge in [-0.3, -0.25) is 4.79 Å². The number of nitrogens with zero attached hydrogens (tertiary/aromatic N) is 2. The lowest BCUT2D eigenvalue weighted by atomic mass is 9.96. The molecule has 0 bridgehead atoms. The lowest BCUT2D eigenvalue weighted by Gasteiger charge is -2.16. The van der Waals surface area contributed by atoms with Gasteiger partial charge in [0, 0.05) is 6.54 Å². The van der Waals surface area contributed by atoms with Crippen LogP contribution in [0.3, 0.4) is 0 Å². The van der Waals surface area contributed by atoms with Crippen molar-refractivity contribution in [3.63, 3.8) is 0 Å². The molecular formula is C13H15N3O2. The maximum absolute atomic E-state index is 11.0. The van der Waals surface area contributed by atoms with E-state index in [0.717, 1.165) is 19.3 Å². The molecule has 0 amide bonds. The quantitative estimate of drug-likeness (QED) is 0.845. The summed E-state index contributed by atoms with van der Waals surface area (Å²) in [6.07, 6.45) is 2.66. The van der Waals surface area contributed by atoms with Gasteiger partial charge >= 0.3 is 5.97 Å². The summed E-state index contributed by atoms with van der Waals surface area (Å²) in [6, 6.07) is 7.16. The van der Waals surface area contributed by atoms with Crippen molar-refractivity contribution in [2.24, 2.45) is 11.8 Å². The maximum atomic E-state index is 11.0. The van der Waals surface area contributed by atoms with Gasteiger partial charge in [0.2, 0.25) is 0 Å². The third kappa shape index (κ3) is 2.77. The Morgan fingerprint density at radius 2 is 2.39 bits per heavy atom. The van der Waals surface area contributed by atoms with Gasteiger partial charge in [-0.1, -0.05) is 12.5 Å². The van der Waals surface area contributed by atoms with Gasteiger partial charge in [0.15, 0.2) is 0 Å². The predicted molar refractivity (Wildman–Crippen MR) is 65.9 cm³/mol. The second-order valence-corrected chi connectivity index (χ2v) is 4.54. The smallest absolute Gasteiger partial charge is 0.306 e. The highest BCUT2D eigenvalue weighted by Gasteiger charge is 2.32. The number of aliphatic carboxylic acids is 1. The Bertz CT molecular complexity index is 481. The fourth-order valence-electron chi connectivity index (χ4n) is 2.44. The van der Waals surface area contributed by atoms with Crippen molar-refractivity contribution < 1.29 is 9.90 Å². The number of carbonyl (C=O) groups is 1. The van der Waals surface area contributed by atoms with E-state index in [0.29, 0.717) is 18.1 Å². The van der Waals surface area contributed by atoms with Crippen molar-refractivity contribution in [3.05, 3.63) is 23.9 Å². The molecule has 2 rings (SSSR count). The molecule has 0 spiro atoms. The number of pyridine rings is 1. The minimum atomic E-state index is -0.710. The molecule has 2 N–H and O–H groups in total. The average Bonchev–Trinajstić information content (AvgIpc) is 2.85. The Morgan fingerprint density at radius 3 is 3.11 bits per heavy atom. The van der Waals surface area contributed by atoms with Crippen LogP contribution < -0.4 is 5.32 Å². The van der Waals surface area contributed by atoms with Gasteiger partial charge in [-0.25, -0.2) is 4.98 Å². The van der Waals surface area contributed by atoms with Gasteiger partial charge in [-0.15, -0.1) is 0 Å². The molecule has 2 unspecified atom stereocenters. The molecule has 1 heterocycles. The van der Waals surface area contributed by atoms with E-state index in [1.54, 1.807) is 18.2 Å². The van der Waals surface area contributed by atoms with Crippen molar-refractivity contribution in [2.45, 2.75) is 19.3 Å².